The second-order valence-corrected chi connectivity index (χ2v) is 5.86. The van der Waals surface area contributed by atoms with E-state index < -0.39 is 20.7 Å². The summed E-state index contributed by atoms with van der Waals surface area (Å²) in [6, 6.07) is 4.17. The highest BCUT2D eigenvalue weighted by atomic mass is 31.2. The van der Waals surface area contributed by atoms with Crippen molar-refractivity contribution in [3.05, 3.63) is 29.3 Å². The predicted molar refractivity (Wildman–Crippen MR) is 87.8 cm³/mol. The first-order valence-corrected chi connectivity index (χ1v) is 8.74. The van der Waals surface area contributed by atoms with Gasteiger partial charge in [-0.2, -0.15) is 0 Å². The molecule has 0 spiro atoms. The first-order chi connectivity index (χ1) is 11.0. The molecule has 0 aliphatic rings. The Hall–Kier alpha value is -1.27. The Balaban J connectivity index is 2.69. The first kappa shape index (κ1) is 19.8. The molecule has 5 N–H and O–H groups in total. The van der Waals surface area contributed by atoms with E-state index in [-0.39, 0.29) is 11.3 Å². The largest absolute Gasteiger partial charge is 0.426 e. The highest BCUT2D eigenvalue weighted by Gasteiger charge is 2.17. The summed E-state index contributed by atoms with van der Waals surface area (Å²) in [5.41, 5.74) is 5.82. The molecule has 1 rings (SSSR count). The molecule has 130 valence electrons. The van der Waals surface area contributed by atoms with Crippen LogP contribution in [-0.4, -0.2) is 28.8 Å². The van der Waals surface area contributed by atoms with Crippen molar-refractivity contribution in [2.45, 2.75) is 38.8 Å². The van der Waals surface area contributed by atoms with Gasteiger partial charge in [0.1, 0.15) is 11.9 Å². The second-order valence-electron chi connectivity index (χ2n) is 5.17. The van der Waals surface area contributed by atoms with Crippen LogP contribution in [0.25, 0.3) is 0 Å². The van der Waals surface area contributed by atoms with Crippen LogP contribution in [0.1, 0.15) is 54.7 Å². The van der Waals surface area contributed by atoms with E-state index in [1.54, 1.807) is 0 Å². The van der Waals surface area contributed by atoms with Crippen molar-refractivity contribution in [2.24, 2.45) is 5.73 Å². The maximum absolute atomic E-state index is 13.4. The maximum Gasteiger partial charge on any atom is 0.391 e. The highest BCUT2D eigenvalue weighted by Crippen LogP contribution is 2.33. The quantitative estimate of drug-likeness (QED) is 0.385. The van der Waals surface area contributed by atoms with Crippen LogP contribution in [-0.2, 0) is 0 Å². The lowest BCUT2D eigenvalue weighted by Crippen LogP contribution is -2.25. The molecule has 1 aromatic rings. The third-order valence-corrected chi connectivity index (χ3v) is 3.66. The molecule has 0 radical (unpaired) electrons. The minimum Gasteiger partial charge on any atom is -0.426 e. The van der Waals surface area contributed by atoms with E-state index in [0.29, 0.717) is 18.7 Å². The SMILES string of the molecule is CC(F)c1ccc(OP(O)O)c(C(=O)NCCCCCCN)c1. The predicted octanol–water partition coefficient (Wildman–Crippen LogP) is 2.56. The van der Waals surface area contributed by atoms with Gasteiger partial charge in [-0.15, -0.1) is 0 Å². The summed E-state index contributed by atoms with van der Waals surface area (Å²) in [6.07, 6.45) is 2.50. The summed E-state index contributed by atoms with van der Waals surface area (Å²) in [5.74, 6) is -0.413. The van der Waals surface area contributed by atoms with Crippen molar-refractivity contribution in [3.63, 3.8) is 0 Å². The van der Waals surface area contributed by atoms with Crippen LogP contribution in [0, 0.1) is 0 Å². The van der Waals surface area contributed by atoms with Gasteiger partial charge in [0, 0.05) is 6.54 Å². The fraction of sp³-hybridized carbons (Fsp3) is 0.533. The number of carbonyl (C=O) groups is 1. The van der Waals surface area contributed by atoms with Crippen LogP contribution < -0.4 is 15.6 Å². The molecule has 1 aromatic carbocycles. The number of nitrogens with one attached hydrogen (secondary N) is 1. The Morgan fingerprint density at radius 1 is 1.35 bits per heavy atom. The summed E-state index contributed by atoms with van der Waals surface area (Å²) in [6.45, 7) is 2.50. The van der Waals surface area contributed by atoms with E-state index in [4.69, 9.17) is 20.0 Å². The molecule has 0 saturated carbocycles. The molecular weight excluding hydrogens is 322 g/mol. The van der Waals surface area contributed by atoms with Gasteiger partial charge in [0.2, 0.25) is 0 Å². The van der Waals surface area contributed by atoms with Crippen LogP contribution in [0.2, 0.25) is 0 Å². The summed E-state index contributed by atoms with van der Waals surface area (Å²) in [7, 11) is -2.65. The Labute approximate surface area is 136 Å². The number of rotatable bonds is 10. The van der Waals surface area contributed by atoms with Crippen LogP contribution in [0.15, 0.2) is 18.2 Å². The van der Waals surface area contributed by atoms with E-state index >= 15 is 0 Å². The second kappa shape index (κ2) is 10.5. The molecule has 0 bridgehead atoms. The van der Waals surface area contributed by atoms with E-state index in [1.807, 2.05) is 0 Å². The standard InChI is InChI=1S/C15H24FN2O4P/c1-11(16)12-6-7-14(22-23(20)21)13(10-12)15(19)18-9-5-3-2-4-8-17/h6-7,10-11,20-21H,2-5,8-9,17H2,1H3,(H,18,19). The molecule has 6 nitrogen and oxygen atoms in total. The Bertz CT molecular complexity index is 500. The van der Waals surface area contributed by atoms with Crippen molar-refractivity contribution >= 4 is 14.5 Å². The number of amides is 1. The molecule has 1 amide bonds. The van der Waals surface area contributed by atoms with Gasteiger partial charge in [0.15, 0.2) is 0 Å². The van der Waals surface area contributed by atoms with Crippen molar-refractivity contribution in [2.75, 3.05) is 13.1 Å². The molecule has 0 saturated heterocycles. The molecule has 0 aliphatic heterocycles. The zero-order valence-electron chi connectivity index (χ0n) is 13.2. The lowest BCUT2D eigenvalue weighted by Gasteiger charge is -2.13. The van der Waals surface area contributed by atoms with Gasteiger partial charge in [0.25, 0.3) is 5.91 Å². The van der Waals surface area contributed by atoms with E-state index in [2.05, 4.69) is 5.32 Å². The molecule has 8 heteroatoms. The Morgan fingerprint density at radius 2 is 2.04 bits per heavy atom. The maximum atomic E-state index is 13.4. The normalized spacial score (nSPS) is 12.3. The summed E-state index contributed by atoms with van der Waals surface area (Å²) < 4.78 is 18.3. The number of unbranched alkanes of at least 4 members (excludes halogenated alkanes) is 3. The van der Waals surface area contributed by atoms with Gasteiger partial charge in [-0.05, 0) is 44.0 Å². The zero-order valence-corrected chi connectivity index (χ0v) is 14.1. The number of alkyl halides is 1. The van der Waals surface area contributed by atoms with Crippen molar-refractivity contribution < 1.29 is 23.5 Å². The minimum atomic E-state index is -2.65. The molecule has 1 unspecified atom stereocenters. The number of hydrogen-bond acceptors (Lipinski definition) is 5. The van der Waals surface area contributed by atoms with E-state index in [9.17, 15) is 9.18 Å². The average Bonchev–Trinajstić information content (AvgIpc) is 2.50. The van der Waals surface area contributed by atoms with E-state index in [0.717, 1.165) is 25.7 Å². The van der Waals surface area contributed by atoms with Crippen molar-refractivity contribution in [1.82, 2.24) is 5.32 Å². The van der Waals surface area contributed by atoms with Gasteiger partial charge < -0.3 is 25.4 Å². The molecule has 23 heavy (non-hydrogen) atoms. The smallest absolute Gasteiger partial charge is 0.391 e. The molecule has 0 heterocycles. The third kappa shape index (κ3) is 7.22. The fourth-order valence-electron chi connectivity index (χ4n) is 2.06. The number of hydrogen-bond donors (Lipinski definition) is 4. The fourth-order valence-corrected chi connectivity index (χ4v) is 2.40. The minimum absolute atomic E-state index is 0.0196. The van der Waals surface area contributed by atoms with Gasteiger partial charge in [-0.3, -0.25) is 4.79 Å². The lowest BCUT2D eigenvalue weighted by atomic mass is 10.1. The van der Waals surface area contributed by atoms with E-state index in [1.165, 1.54) is 25.1 Å². The lowest BCUT2D eigenvalue weighted by molar-refractivity contribution is 0.0951. The zero-order chi connectivity index (χ0) is 17.2. The van der Waals surface area contributed by atoms with Crippen LogP contribution >= 0.6 is 8.60 Å². The first-order valence-electron chi connectivity index (χ1n) is 7.57. The number of nitrogens with two attached hydrogens (primary N) is 1. The van der Waals surface area contributed by atoms with Crippen LogP contribution in [0.3, 0.4) is 0 Å². The van der Waals surface area contributed by atoms with Gasteiger partial charge >= 0.3 is 8.60 Å². The van der Waals surface area contributed by atoms with Crippen LogP contribution in [0.4, 0.5) is 4.39 Å². The third-order valence-electron chi connectivity index (χ3n) is 3.30. The molecule has 0 aliphatic carbocycles. The monoisotopic (exact) mass is 346 g/mol. The summed E-state index contributed by atoms with van der Waals surface area (Å²) in [4.78, 5) is 30.2. The Morgan fingerprint density at radius 3 is 2.65 bits per heavy atom. The molecule has 1 atom stereocenters. The topological polar surface area (TPSA) is 105 Å². The summed E-state index contributed by atoms with van der Waals surface area (Å²) in [5, 5.41) is 2.73. The molecule has 0 aromatic heterocycles. The number of halogens is 1. The Kier molecular flexibility index (Phi) is 9.02. The average molecular weight is 346 g/mol. The van der Waals surface area contributed by atoms with Crippen molar-refractivity contribution in [1.29, 1.82) is 0 Å². The number of carbonyl (C=O) groups excluding carboxylic acids is 1. The highest BCUT2D eigenvalue weighted by molar-refractivity contribution is 7.39. The van der Waals surface area contributed by atoms with Crippen molar-refractivity contribution in [3.8, 4) is 5.75 Å². The van der Waals surface area contributed by atoms with Gasteiger partial charge in [0.05, 0.1) is 5.56 Å². The van der Waals surface area contributed by atoms with Crippen LogP contribution in [0.5, 0.6) is 5.75 Å². The molecule has 0 fully saturated rings. The molecular formula is C15H24FN2O4P. The van der Waals surface area contributed by atoms with Gasteiger partial charge in [-0.1, -0.05) is 18.9 Å². The summed E-state index contributed by atoms with van der Waals surface area (Å²) >= 11 is 0. The number of benzene rings is 1. The van der Waals surface area contributed by atoms with Gasteiger partial charge in [-0.25, -0.2) is 4.39 Å².